The van der Waals surface area contributed by atoms with E-state index in [0.717, 1.165) is 58.3 Å². The summed E-state index contributed by atoms with van der Waals surface area (Å²) in [6.07, 6.45) is 7.55. The van der Waals surface area contributed by atoms with E-state index in [1.807, 2.05) is 0 Å². The molecule has 3 aromatic carbocycles. The highest BCUT2D eigenvalue weighted by molar-refractivity contribution is 6.09. The maximum atomic E-state index is 7.08. The number of fused-ring (bicyclic) bond motifs is 13. The third-order valence-corrected chi connectivity index (χ3v) is 13.2. The Morgan fingerprint density at radius 3 is 2.12 bits per heavy atom. The van der Waals surface area contributed by atoms with Crippen LogP contribution in [0.5, 0.6) is 0 Å². The summed E-state index contributed by atoms with van der Waals surface area (Å²) in [5.41, 5.74) is 21.9. The summed E-state index contributed by atoms with van der Waals surface area (Å²) in [6.45, 7) is 27.6. The smallest absolute Gasteiger partial charge is 0.227 e. The molecule has 9 rings (SSSR count). The molecule has 0 aliphatic carbocycles. The lowest BCUT2D eigenvalue weighted by Crippen LogP contribution is -2.49. The first-order chi connectivity index (χ1) is 27.3. The van der Waals surface area contributed by atoms with Crippen LogP contribution >= 0.6 is 0 Å². The number of aromatic nitrogens is 3. The zero-order valence-electron chi connectivity index (χ0n) is 35.5. The number of hydrogen-bond acceptors (Lipinski definition) is 2. The number of furan rings is 1. The number of nitrogens with zero attached hydrogens (tertiary/aromatic N) is 3. The van der Waals surface area contributed by atoms with Gasteiger partial charge in [0.1, 0.15) is 0 Å². The van der Waals surface area contributed by atoms with Crippen LogP contribution in [-0.2, 0) is 6.42 Å². The SMILES string of the molecule is C=C1CC2c3cc(C)ccc3-c3cc(C)c(C)c[n+]3C2CCc2ccc3c(oc4nc(-c5c(C(C)C)cccc5C(C)C)ccc43)c2-c2cc(C)c(C(C)C)c[n+]21. The van der Waals surface area contributed by atoms with Crippen LogP contribution in [-0.4, -0.2) is 4.98 Å². The highest BCUT2D eigenvalue weighted by Crippen LogP contribution is 2.47. The molecule has 0 amide bonds. The summed E-state index contributed by atoms with van der Waals surface area (Å²) in [7, 11) is 0. The van der Waals surface area contributed by atoms with Gasteiger partial charge in [-0.25, -0.2) is 4.98 Å². The van der Waals surface area contributed by atoms with Crippen molar-refractivity contribution in [2.24, 2.45) is 0 Å². The number of allylic oxidation sites excluding steroid dienone is 1. The van der Waals surface area contributed by atoms with Gasteiger partial charge in [-0.15, -0.1) is 0 Å². The maximum Gasteiger partial charge on any atom is 0.227 e. The first-order valence-electron chi connectivity index (χ1n) is 21.2. The molecule has 0 saturated heterocycles. The fourth-order valence-electron chi connectivity index (χ4n) is 10.1. The highest BCUT2D eigenvalue weighted by atomic mass is 16.3. The van der Waals surface area contributed by atoms with Crippen LogP contribution in [0.15, 0.2) is 96.2 Å². The molecule has 4 nitrogen and oxygen atoms in total. The van der Waals surface area contributed by atoms with Crippen molar-refractivity contribution < 1.29 is 13.6 Å². The zero-order chi connectivity index (χ0) is 40.0. The van der Waals surface area contributed by atoms with E-state index < -0.39 is 0 Å². The number of benzene rings is 3. The van der Waals surface area contributed by atoms with Gasteiger partial charge in [0, 0.05) is 58.0 Å². The molecule has 57 heavy (non-hydrogen) atoms. The second-order valence-electron chi connectivity index (χ2n) is 18.1. The number of pyridine rings is 3. The van der Waals surface area contributed by atoms with Gasteiger partial charge >= 0.3 is 0 Å². The molecule has 4 heteroatoms. The van der Waals surface area contributed by atoms with Crippen molar-refractivity contribution in [1.29, 1.82) is 0 Å². The molecule has 0 spiro atoms. The van der Waals surface area contributed by atoms with Gasteiger partial charge in [-0.2, -0.15) is 9.13 Å². The van der Waals surface area contributed by atoms with Gasteiger partial charge < -0.3 is 4.42 Å². The van der Waals surface area contributed by atoms with Crippen molar-refractivity contribution in [3.8, 4) is 33.8 Å². The highest BCUT2D eigenvalue weighted by Gasteiger charge is 2.43. The van der Waals surface area contributed by atoms with E-state index in [-0.39, 0.29) is 12.0 Å². The van der Waals surface area contributed by atoms with E-state index in [0.29, 0.717) is 23.5 Å². The standard InChI is InChI=1S/C53H57N3O/c1-29(2)38-13-12-14-39(30(3)4)51(38)46-21-20-42-41-19-16-37-17-22-47-44(43-23-32(7)15-18-40(43)48-24-33(8)35(10)27-56(47)48)26-36(11)55-28-45(31(5)6)34(9)25-49(55)50(37)52(41)57-53(42)54-46/h12-16,18-21,23-25,27-31,44,47H,11,17,22,26H2,1-10H3/q+2. The van der Waals surface area contributed by atoms with E-state index in [9.17, 15) is 0 Å². The van der Waals surface area contributed by atoms with Crippen molar-refractivity contribution in [1.82, 2.24) is 4.98 Å². The normalized spacial score (nSPS) is 16.5. The Morgan fingerprint density at radius 1 is 0.702 bits per heavy atom. The molecule has 0 radical (unpaired) electrons. The van der Waals surface area contributed by atoms with Gasteiger partial charge in [0.15, 0.2) is 29.7 Å². The molecule has 0 saturated carbocycles. The summed E-state index contributed by atoms with van der Waals surface area (Å²) < 4.78 is 12.1. The van der Waals surface area contributed by atoms with Crippen molar-refractivity contribution in [3.05, 3.63) is 142 Å². The third-order valence-electron chi connectivity index (χ3n) is 13.2. The molecule has 2 unspecified atom stereocenters. The summed E-state index contributed by atoms with van der Waals surface area (Å²) in [5, 5.41) is 2.16. The minimum absolute atomic E-state index is 0.266. The predicted molar refractivity (Wildman–Crippen MR) is 236 cm³/mol. The molecule has 288 valence electrons. The quantitative estimate of drug-likeness (QED) is 0.168. The zero-order valence-corrected chi connectivity index (χ0v) is 35.5. The Kier molecular flexibility index (Phi) is 9.11. The van der Waals surface area contributed by atoms with Crippen LogP contribution in [0, 0.1) is 27.7 Å². The van der Waals surface area contributed by atoms with Crippen molar-refractivity contribution >= 4 is 27.8 Å². The molecule has 0 N–H and O–H groups in total. The fourth-order valence-corrected chi connectivity index (χ4v) is 10.1. The van der Waals surface area contributed by atoms with Crippen LogP contribution in [0.4, 0.5) is 0 Å². The van der Waals surface area contributed by atoms with Gasteiger partial charge in [-0.05, 0) is 110 Å². The lowest BCUT2D eigenvalue weighted by Gasteiger charge is -2.32. The largest absolute Gasteiger partial charge is 0.437 e. The Labute approximate surface area is 338 Å². The Hall–Kier alpha value is -5.35. The average molecular weight is 752 g/mol. The fraction of sp³-hybridized carbons (Fsp3) is 0.340. The summed E-state index contributed by atoms with van der Waals surface area (Å²) >= 11 is 0. The predicted octanol–water partition coefficient (Wildman–Crippen LogP) is 13.3. The van der Waals surface area contributed by atoms with Crippen molar-refractivity contribution in [3.63, 3.8) is 0 Å². The molecule has 2 aliphatic rings. The molecule has 0 bridgehead atoms. The second-order valence-corrected chi connectivity index (χ2v) is 18.1. The van der Waals surface area contributed by atoms with Crippen LogP contribution in [0.1, 0.15) is 134 Å². The lowest BCUT2D eigenvalue weighted by atomic mass is 9.76. The van der Waals surface area contributed by atoms with Crippen LogP contribution < -0.4 is 9.13 Å². The van der Waals surface area contributed by atoms with Crippen molar-refractivity contribution in [2.45, 2.75) is 118 Å². The van der Waals surface area contributed by atoms with Crippen molar-refractivity contribution in [2.75, 3.05) is 0 Å². The van der Waals surface area contributed by atoms with Gasteiger partial charge in [0.2, 0.25) is 17.1 Å². The molecular weight excluding hydrogens is 695 g/mol. The number of aryl methyl sites for hydroxylation is 5. The van der Waals surface area contributed by atoms with Gasteiger partial charge in [0.25, 0.3) is 0 Å². The maximum absolute atomic E-state index is 7.08. The summed E-state index contributed by atoms with van der Waals surface area (Å²) in [4.78, 5) is 5.35. The van der Waals surface area contributed by atoms with Crippen LogP contribution in [0.3, 0.4) is 0 Å². The Bertz CT molecular complexity index is 2750. The van der Waals surface area contributed by atoms with E-state index >= 15 is 0 Å². The minimum atomic E-state index is 0.266. The van der Waals surface area contributed by atoms with Crippen LogP contribution in [0.2, 0.25) is 0 Å². The third kappa shape index (κ3) is 6.06. The lowest BCUT2D eigenvalue weighted by molar-refractivity contribution is -0.719. The van der Waals surface area contributed by atoms with E-state index in [4.69, 9.17) is 16.0 Å². The topological polar surface area (TPSA) is 33.8 Å². The molecule has 2 aliphatic heterocycles. The second kappa shape index (κ2) is 13.9. The van der Waals surface area contributed by atoms with E-state index in [1.165, 1.54) is 66.9 Å². The minimum Gasteiger partial charge on any atom is -0.437 e. The molecule has 7 aromatic rings. The van der Waals surface area contributed by atoms with E-state index in [2.05, 4.69) is 164 Å². The first kappa shape index (κ1) is 37.2. The average Bonchev–Trinajstić information content (AvgIpc) is 3.55. The molecular formula is C53H57N3O+2. The number of hydrogen-bond donors (Lipinski definition) is 0. The Balaban J connectivity index is 1.29. The summed E-state index contributed by atoms with van der Waals surface area (Å²) in [5.74, 6) is 1.40. The Morgan fingerprint density at radius 2 is 1.40 bits per heavy atom. The number of rotatable bonds is 4. The van der Waals surface area contributed by atoms with Gasteiger partial charge in [-0.1, -0.05) is 89.6 Å². The van der Waals surface area contributed by atoms with E-state index in [1.54, 1.807) is 0 Å². The molecule has 6 heterocycles. The molecule has 4 aromatic heterocycles. The van der Waals surface area contributed by atoms with Crippen LogP contribution in [0.25, 0.3) is 61.5 Å². The monoisotopic (exact) mass is 751 g/mol. The molecule has 0 fully saturated rings. The molecule has 2 atom stereocenters. The first-order valence-corrected chi connectivity index (χ1v) is 21.2. The van der Waals surface area contributed by atoms with Gasteiger partial charge in [-0.3, -0.25) is 0 Å². The van der Waals surface area contributed by atoms with Gasteiger partial charge in [0.05, 0.1) is 17.2 Å². The summed E-state index contributed by atoms with van der Waals surface area (Å²) in [6, 6.07) is 28.0.